The summed E-state index contributed by atoms with van der Waals surface area (Å²) in [5, 5.41) is 5.93. The van der Waals surface area contributed by atoms with Crippen molar-refractivity contribution in [1.29, 1.82) is 0 Å². The average molecular weight is 365 g/mol. The zero-order valence-electron chi connectivity index (χ0n) is 14.9. The van der Waals surface area contributed by atoms with Gasteiger partial charge >= 0.3 is 0 Å². The third-order valence-electron chi connectivity index (χ3n) is 4.03. The molecule has 1 heterocycles. The van der Waals surface area contributed by atoms with Gasteiger partial charge in [-0.3, -0.25) is 4.79 Å². The fourth-order valence-corrected chi connectivity index (χ4v) is 2.63. The maximum atomic E-state index is 13.6. The molecule has 3 aromatic rings. The van der Waals surface area contributed by atoms with E-state index in [-0.39, 0.29) is 11.7 Å². The molecule has 1 aromatic heterocycles. The Morgan fingerprint density at radius 3 is 2.59 bits per heavy atom. The number of ether oxygens (including phenoxy) is 1. The largest absolute Gasteiger partial charge is 0.496 e. The normalized spacial score (nSPS) is 10.3. The van der Waals surface area contributed by atoms with Gasteiger partial charge in [0.05, 0.1) is 24.6 Å². The number of carbonyl (C=O) groups excluding carboxylic acids is 1. The number of benzene rings is 2. The van der Waals surface area contributed by atoms with E-state index in [4.69, 9.17) is 4.74 Å². The Bertz CT molecular complexity index is 913. The summed E-state index contributed by atoms with van der Waals surface area (Å²) in [6.45, 7) is 0.556. The Morgan fingerprint density at radius 1 is 1.07 bits per heavy atom. The summed E-state index contributed by atoms with van der Waals surface area (Å²) in [4.78, 5) is 16.6. The van der Waals surface area contributed by atoms with Crippen LogP contribution in [0.3, 0.4) is 0 Å². The number of para-hydroxylation sites is 1. The third-order valence-corrected chi connectivity index (χ3v) is 4.03. The fraction of sp³-hybridized carbons (Fsp3) is 0.143. The highest BCUT2D eigenvalue weighted by Crippen LogP contribution is 2.19. The molecule has 0 aliphatic rings. The average Bonchev–Trinajstić information content (AvgIpc) is 2.70. The molecule has 0 aliphatic carbocycles. The van der Waals surface area contributed by atoms with Crippen LogP contribution in [0.1, 0.15) is 15.9 Å². The summed E-state index contributed by atoms with van der Waals surface area (Å²) in [5.74, 6) is 0.687. The molecule has 0 radical (unpaired) electrons. The Balaban J connectivity index is 1.55. The Kier molecular flexibility index (Phi) is 5.99. The summed E-state index contributed by atoms with van der Waals surface area (Å²) < 4.78 is 18.8. The molecule has 5 nitrogen and oxygen atoms in total. The first kappa shape index (κ1) is 18.4. The SMILES string of the molecule is COc1ccccc1C(=O)Nc1ccc(NCCc2ccccc2F)nc1. The van der Waals surface area contributed by atoms with Gasteiger partial charge in [0.1, 0.15) is 17.4 Å². The van der Waals surface area contributed by atoms with E-state index in [9.17, 15) is 9.18 Å². The van der Waals surface area contributed by atoms with Gasteiger partial charge in [0.2, 0.25) is 0 Å². The highest BCUT2D eigenvalue weighted by molar-refractivity contribution is 6.06. The molecule has 0 atom stereocenters. The highest BCUT2D eigenvalue weighted by Gasteiger charge is 2.11. The van der Waals surface area contributed by atoms with Crippen molar-refractivity contribution in [3.63, 3.8) is 0 Å². The standard InChI is InChI=1S/C21H20FN3O2/c1-27-19-9-5-3-7-17(19)21(26)25-16-10-11-20(24-14-16)23-13-12-15-6-2-4-8-18(15)22/h2-11,14H,12-13H2,1H3,(H,23,24)(H,25,26). The molecule has 0 spiro atoms. The number of nitrogens with zero attached hydrogens (tertiary/aromatic N) is 1. The number of rotatable bonds is 7. The van der Waals surface area contributed by atoms with Crippen LogP contribution in [0, 0.1) is 5.82 Å². The predicted octanol–water partition coefficient (Wildman–Crippen LogP) is 4.14. The molecule has 0 aliphatic heterocycles. The van der Waals surface area contributed by atoms with Gasteiger partial charge in [-0.1, -0.05) is 30.3 Å². The number of nitrogens with one attached hydrogen (secondary N) is 2. The molecular formula is C21H20FN3O2. The Hall–Kier alpha value is -3.41. The lowest BCUT2D eigenvalue weighted by atomic mass is 10.1. The van der Waals surface area contributed by atoms with Gasteiger partial charge in [0, 0.05) is 6.54 Å². The zero-order chi connectivity index (χ0) is 19.1. The van der Waals surface area contributed by atoms with Crippen molar-refractivity contribution >= 4 is 17.4 Å². The molecule has 1 amide bonds. The lowest BCUT2D eigenvalue weighted by molar-refractivity contribution is 0.102. The number of amides is 1. The van der Waals surface area contributed by atoms with E-state index in [1.807, 2.05) is 6.07 Å². The van der Waals surface area contributed by atoms with Crippen LogP contribution in [-0.2, 0) is 6.42 Å². The van der Waals surface area contributed by atoms with Gasteiger partial charge in [-0.05, 0) is 42.3 Å². The Morgan fingerprint density at radius 2 is 1.85 bits per heavy atom. The van der Waals surface area contributed by atoms with Crippen LogP contribution in [0.25, 0.3) is 0 Å². The summed E-state index contributed by atoms with van der Waals surface area (Å²) in [6.07, 6.45) is 2.12. The van der Waals surface area contributed by atoms with E-state index >= 15 is 0 Å². The summed E-state index contributed by atoms with van der Waals surface area (Å²) in [6, 6.07) is 17.2. The minimum atomic E-state index is -0.269. The molecule has 6 heteroatoms. The van der Waals surface area contributed by atoms with Crippen molar-refractivity contribution in [1.82, 2.24) is 4.98 Å². The predicted molar refractivity (Wildman–Crippen MR) is 104 cm³/mol. The fourth-order valence-electron chi connectivity index (χ4n) is 2.63. The van der Waals surface area contributed by atoms with E-state index in [0.717, 1.165) is 0 Å². The van der Waals surface area contributed by atoms with Crippen LogP contribution < -0.4 is 15.4 Å². The molecule has 138 valence electrons. The molecule has 27 heavy (non-hydrogen) atoms. The molecule has 0 saturated carbocycles. The van der Waals surface area contributed by atoms with Gasteiger partial charge in [0.25, 0.3) is 5.91 Å². The van der Waals surface area contributed by atoms with Crippen LogP contribution in [0.4, 0.5) is 15.9 Å². The van der Waals surface area contributed by atoms with Crippen molar-refractivity contribution in [2.24, 2.45) is 0 Å². The van der Waals surface area contributed by atoms with Gasteiger partial charge in [0.15, 0.2) is 0 Å². The molecule has 2 aromatic carbocycles. The molecule has 0 bridgehead atoms. The first-order valence-corrected chi connectivity index (χ1v) is 8.55. The van der Waals surface area contributed by atoms with Gasteiger partial charge < -0.3 is 15.4 Å². The number of hydrogen-bond donors (Lipinski definition) is 2. The minimum Gasteiger partial charge on any atom is -0.496 e. The van der Waals surface area contributed by atoms with Crippen molar-refractivity contribution in [2.45, 2.75) is 6.42 Å². The number of hydrogen-bond acceptors (Lipinski definition) is 4. The molecule has 0 unspecified atom stereocenters. The lowest BCUT2D eigenvalue weighted by Gasteiger charge is -2.10. The second kappa shape index (κ2) is 8.80. The van der Waals surface area contributed by atoms with Crippen LogP contribution in [-0.4, -0.2) is 24.5 Å². The summed E-state index contributed by atoms with van der Waals surface area (Å²) in [5.41, 5.74) is 1.68. The van der Waals surface area contributed by atoms with E-state index in [2.05, 4.69) is 15.6 Å². The lowest BCUT2D eigenvalue weighted by Crippen LogP contribution is -2.13. The quantitative estimate of drug-likeness (QED) is 0.661. The molecule has 2 N–H and O–H groups in total. The van der Waals surface area contributed by atoms with E-state index in [1.165, 1.54) is 13.2 Å². The molecule has 0 fully saturated rings. The summed E-state index contributed by atoms with van der Waals surface area (Å²) >= 11 is 0. The van der Waals surface area contributed by atoms with E-state index in [0.29, 0.717) is 41.3 Å². The molecule has 0 saturated heterocycles. The zero-order valence-corrected chi connectivity index (χ0v) is 14.9. The number of anilines is 2. The summed E-state index contributed by atoms with van der Waals surface area (Å²) in [7, 11) is 1.52. The van der Waals surface area contributed by atoms with Crippen LogP contribution in [0.2, 0.25) is 0 Å². The monoisotopic (exact) mass is 365 g/mol. The van der Waals surface area contributed by atoms with Crippen molar-refractivity contribution in [3.05, 3.63) is 83.8 Å². The van der Waals surface area contributed by atoms with Gasteiger partial charge in [-0.25, -0.2) is 9.37 Å². The number of methoxy groups -OCH3 is 1. The van der Waals surface area contributed by atoms with Crippen LogP contribution in [0.5, 0.6) is 5.75 Å². The molecular weight excluding hydrogens is 345 g/mol. The van der Waals surface area contributed by atoms with Gasteiger partial charge in [-0.2, -0.15) is 0 Å². The first-order chi connectivity index (χ1) is 13.2. The van der Waals surface area contributed by atoms with Crippen LogP contribution in [0.15, 0.2) is 66.9 Å². The van der Waals surface area contributed by atoms with Crippen molar-refractivity contribution in [3.8, 4) is 5.75 Å². The maximum Gasteiger partial charge on any atom is 0.259 e. The smallest absolute Gasteiger partial charge is 0.259 e. The van der Waals surface area contributed by atoms with E-state index in [1.54, 1.807) is 54.7 Å². The number of aromatic nitrogens is 1. The highest BCUT2D eigenvalue weighted by atomic mass is 19.1. The minimum absolute atomic E-state index is 0.207. The first-order valence-electron chi connectivity index (χ1n) is 8.55. The molecule has 3 rings (SSSR count). The number of carbonyl (C=O) groups is 1. The van der Waals surface area contributed by atoms with Gasteiger partial charge in [-0.15, -0.1) is 0 Å². The van der Waals surface area contributed by atoms with Crippen molar-refractivity contribution < 1.29 is 13.9 Å². The van der Waals surface area contributed by atoms with E-state index < -0.39 is 0 Å². The number of pyridine rings is 1. The second-order valence-corrected chi connectivity index (χ2v) is 5.85. The second-order valence-electron chi connectivity index (χ2n) is 5.85. The Labute approximate surface area is 157 Å². The third kappa shape index (κ3) is 4.82. The number of halogens is 1. The van der Waals surface area contributed by atoms with Crippen LogP contribution >= 0.6 is 0 Å². The maximum absolute atomic E-state index is 13.6. The topological polar surface area (TPSA) is 63.2 Å². The van der Waals surface area contributed by atoms with Crippen molar-refractivity contribution in [2.75, 3.05) is 24.3 Å².